The van der Waals surface area contributed by atoms with E-state index in [0.717, 1.165) is 12.1 Å². The van der Waals surface area contributed by atoms with Crippen LogP contribution < -0.4 is 15.8 Å². The number of benzene rings is 1. The molecule has 13 nitrogen and oxygen atoms in total. The molecule has 44 heavy (non-hydrogen) atoms. The Kier molecular flexibility index (Phi) is 8.00. The highest BCUT2D eigenvalue weighted by Crippen LogP contribution is 2.44. The Morgan fingerprint density at radius 2 is 1.93 bits per heavy atom. The molecule has 0 aliphatic rings. The fourth-order valence-corrected chi connectivity index (χ4v) is 5.52. The summed E-state index contributed by atoms with van der Waals surface area (Å²) in [5.41, 5.74) is 4.73. The number of rotatable bonds is 9. The molecule has 4 aromatic heterocycles. The summed E-state index contributed by atoms with van der Waals surface area (Å²) in [5.74, 6) is -1.65. The van der Waals surface area contributed by atoms with Crippen LogP contribution in [0.1, 0.15) is 38.5 Å². The summed E-state index contributed by atoms with van der Waals surface area (Å²) in [6.45, 7) is 3.66. The number of amides is 2. The molecule has 0 saturated carbocycles. The van der Waals surface area contributed by atoms with E-state index < -0.39 is 28.6 Å². The van der Waals surface area contributed by atoms with Crippen molar-refractivity contribution in [2.24, 2.45) is 5.73 Å². The van der Waals surface area contributed by atoms with Gasteiger partial charge in [-0.3, -0.25) is 24.4 Å². The summed E-state index contributed by atoms with van der Waals surface area (Å²) in [4.78, 5) is 39.3. The Labute approximate surface area is 254 Å². The van der Waals surface area contributed by atoms with Gasteiger partial charge in [-0.2, -0.15) is 23.4 Å². The van der Waals surface area contributed by atoms with Crippen molar-refractivity contribution >= 4 is 56.3 Å². The minimum atomic E-state index is -4.80. The number of carbonyl (C=O) groups excluding carboxylic acids is 2. The van der Waals surface area contributed by atoms with Crippen LogP contribution in [0.25, 0.3) is 21.3 Å². The lowest BCUT2D eigenvalue weighted by Crippen LogP contribution is -2.18. The number of aromatic nitrogens is 5. The van der Waals surface area contributed by atoms with Crippen LogP contribution in [0.3, 0.4) is 0 Å². The van der Waals surface area contributed by atoms with Gasteiger partial charge in [0.2, 0.25) is 0 Å². The van der Waals surface area contributed by atoms with E-state index in [1.165, 1.54) is 29.1 Å². The van der Waals surface area contributed by atoms with Gasteiger partial charge in [0, 0.05) is 42.0 Å². The van der Waals surface area contributed by atoms with Gasteiger partial charge in [0.1, 0.15) is 21.2 Å². The van der Waals surface area contributed by atoms with E-state index in [0.29, 0.717) is 29.1 Å². The number of non-ortho nitro benzene ring substituents is 1. The predicted octanol–water partition coefficient (Wildman–Crippen LogP) is 5.65. The molecule has 0 aliphatic heterocycles. The number of halogens is 4. The summed E-state index contributed by atoms with van der Waals surface area (Å²) < 4.78 is 49.8. The Morgan fingerprint density at radius 3 is 2.55 bits per heavy atom. The van der Waals surface area contributed by atoms with Gasteiger partial charge in [-0.05, 0) is 37.6 Å². The fraction of sp³-hybridized carbons (Fsp3) is 0.192. The zero-order valence-electron chi connectivity index (χ0n) is 22.7. The van der Waals surface area contributed by atoms with Crippen LogP contribution in [-0.4, -0.2) is 41.3 Å². The number of anilines is 1. The first kappa shape index (κ1) is 30.4. The number of hydrogen-bond donors (Lipinski definition) is 2. The summed E-state index contributed by atoms with van der Waals surface area (Å²) in [5, 5.41) is 22.0. The number of nitro benzene ring substituents is 1. The SMILES string of the molecule is CCn1cc(-c2cc(C(F)(F)F)nc3sc(C(N)=O)c(NC(=O)c4ccn(COc5ccc([N+](=O)[O-])cc5Cl)n4)c23)c(C)n1. The van der Waals surface area contributed by atoms with Gasteiger partial charge in [-0.25, -0.2) is 9.67 Å². The monoisotopic (exact) mass is 648 g/mol. The van der Waals surface area contributed by atoms with Crippen LogP contribution in [0.5, 0.6) is 5.75 Å². The number of nitrogens with one attached hydrogen (secondary N) is 1. The molecule has 3 N–H and O–H groups in total. The molecular formula is C26H20ClF3N8O5S. The number of thiophene rings is 1. The van der Waals surface area contributed by atoms with Crippen molar-refractivity contribution in [1.29, 1.82) is 0 Å². The number of nitrogens with two attached hydrogens (primary N) is 1. The molecule has 0 aliphatic carbocycles. The molecule has 228 valence electrons. The van der Waals surface area contributed by atoms with E-state index in [4.69, 9.17) is 22.1 Å². The highest BCUT2D eigenvalue weighted by molar-refractivity contribution is 7.21. The average molecular weight is 649 g/mol. The van der Waals surface area contributed by atoms with Gasteiger partial charge in [0.25, 0.3) is 17.5 Å². The quantitative estimate of drug-likeness (QED) is 0.152. The first-order valence-electron chi connectivity index (χ1n) is 12.6. The maximum Gasteiger partial charge on any atom is 0.433 e. The number of hydrogen-bond acceptors (Lipinski definition) is 9. The standard InChI is InChI=1S/C26H20ClF3N8O5S/c1-3-36-10-15(12(2)34-36)14-9-19(26(28,29)30)32-25-20(14)21(22(44-25)23(31)39)33-24(40)17-6-7-37(35-17)11-43-18-5-4-13(38(41)42)8-16(18)27/h4-10H,3,11H2,1-2H3,(H2,31,39)(H,33,40). The smallest absolute Gasteiger partial charge is 0.433 e. The zero-order valence-corrected chi connectivity index (χ0v) is 24.3. The van der Waals surface area contributed by atoms with Crippen molar-refractivity contribution in [3.63, 3.8) is 0 Å². The Bertz CT molecular complexity index is 1950. The molecule has 0 spiro atoms. The second-order valence-electron chi connectivity index (χ2n) is 9.23. The third-order valence-corrected chi connectivity index (χ3v) is 7.72. The van der Waals surface area contributed by atoms with Crippen LogP contribution in [0.4, 0.5) is 24.5 Å². The van der Waals surface area contributed by atoms with Crippen LogP contribution in [0.2, 0.25) is 5.02 Å². The molecule has 0 unspecified atom stereocenters. The van der Waals surface area contributed by atoms with Crippen molar-refractivity contribution < 1.29 is 32.4 Å². The maximum absolute atomic E-state index is 13.8. The zero-order chi connectivity index (χ0) is 31.9. The molecule has 0 fully saturated rings. The number of carbonyl (C=O) groups is 2. The lowest BCUT2D eigenvalue weighted by molar-refractivity contribution is -0.384. The van der Waals surface area contributed by atoms with Crippen LogP contribution in [0.15, 0.2) is 42.7 Å². The number of ether oxygens (including phenoxy) is 1. The number of fused-ring (bicyclic) bond motifs is 1. The lowest BCUT2D eigenvalue weighted by Gasteiger charge is -2.11. The maximum atomic E-state index is 13.8. The largest absolute Gasteiger partial charge is 0.470 e. The minimum Gasteiger partial charge on any atom is -0.470 e. The van der Waals surface area contributed by atoms with Crippen molar-refractivity contribution in [3.8, 4) is 16.9 Å². The summed E-state index contributed by atoms with van der Waals surface area (Å²) >= 11 is 6.66. The third kappa shape index (κ3) is 5.91. The van der Waals surface area contributed by atoms with E-state index in [1.807, 2.05) is 6.92 Å². The topological polar surface area (TPSA) is 173 Å². The summed E-state index contributed by atoms with van der Waals surface area (Å²) in [6, 6.07) is 5.82. The molecule has 0 bridgehead atoms. The van der Waals surface area contributed by atoms with Gasteiger partial charge in [-0.1, -0.05) is 11.6 Å². The van der Waals surface area contributed by atoms with Crippen LogP contribution in [-0.2, 0) is 19.5 Å². The Balaban J connectivity index is 1.49. The second-order valence-corrected chi connectivity index (χ2v) is 10.6. The van der Waals surface area contributed by atoms with Gasteiger partial charge in [-0.15, -0.1) is 11.3 Å². The average Bonchev–Trinajstić information content (AvgIpc) is 3.68. The van der Waals surface area contributed by atoms with Crippen LogP contribution in [0, 0.1) is 17.0 Å². The Hall–Kier alpha value is -5.03. The minimum absolute atomic E-state index is 0.00884. The molecule has 1 aromatic carbocycles. The van der Waals surface area contributed by atoms with Gasteiger partial charge in [0.15, 0.2) is 12.4 Å². The number of alkyl halides is 3. The number of nitro groups is 1. The van der Waals surface area contributed by atoms with Gasteiger partial charge < -0.3 is 15.8 Å². The number of aryl methyl sites for hydroxylation is 2. The van der Waals surface area contributed by atoms with E-state index in [9.17, 15) is 32.9 Å². The molecule has 2 amide bonds. The molecular weight excluding hydrogens is 629 g/mol. The highest BCUT2D eigenvalue weighted by Gasteiger charge is 2.35. The van der Waals surface area contributed by atoms with Crippen molar-refractivity contribution in [2.45, 2.75) is 33.3 Å². The summed E-state index contributed by atoms with van der Waals surface area (Å²) in [7, 11) is 0. The molecule has 5 rings (SSSR count). The first-order chi connectivity index (χ1) is 20.8. The predicted molar refractivity (Wildman–Crippen MR) is 154 cm³/mol. The molecule has 0 atom stereocenters. The van der Waals surface area contributed by atoms with E-state index in [2.05, 4.69) is 20.5 Å². The molecule has 18 heteroatoms. The van der Waals surface area contributed by atoms with Crippen molar-refractivity contribution in [3.05, 3.63) is 79.8 Å². The van der Waals surface area contributed by atoms with E-state index in [-0.39, 0.29) is 55.2 Å². The molecule has 5 aromatic rings. The van der Waals surface area contributed by atoms with E-state index >= 15 is 0 Å². The Morgan fingerprint density at radius 1 is 1.18 bits per heavy atom. The normalized spacial score (nSPS) is 11.6. The highest BCUT2D eigenvalue weighted by atomic mass is 35.5. The first-order valence-corrected chi connectivity index (χ1v) is 13.8. The molecule has 0 saturated heterocycles. The third-order valence-electron chi connectivity index (χ3n) is 6.33. The van der Waals surface area contributed by atoms with Crippen molar-refractivity contribution in [1.82, 2.24) is 24.5 Å². The second kappa shape index (κ2) is 11.6. The van der Waals surface area contributed by atoms with Crippen LogP contribution >= 0.6 is 22.9 Å². The molecule has 4 heterocycles. The van der Waals surface area contributed by atoms with E-state index in [1.54, 1.807) is 17.8 Å². The summed E-state index contributed by atoms with van der Waals surface area (Å²) in [6.07, 6.45) is -1.83. The number of pyridine rings is 1. The van der Waals surface area contributed by atoms with Crippen molar-refractivity contribution in [2.75, 3.05) is 5.32 Å². The lowest BCUT2D eigenvalue weighted by atomic mass is 10.0. The fourth-order valence-electron chi connectivity index (χ4n) is 4.28. The number of primary amides is 1. The molecule has 0 radical (unpaired) electrons. The number of nitrogens with zero attached hydrogens (tertiary/aromatic N) is 6. The van der Waals surface area contributed by atoms with Gasteiger partial charge in [0.05, 0.1) is 21.3 Å². The van der Waals surface area contributed by atoms with Gasteiger partial charge >= 0.3 is 6.18 Å².